The average molecular weight is 413 g/mol. The zero-order chi connectivity index (χ0) is 21.9. The first-order valence-corrected chi connectivity index (χ1v) is 9.39. The maximum Gasteiger partial charge on any atom is 0.256 e. The Kier molecular flexibility index (Phi) is 5.97. The number of imidazole rings is 1. The fraction of sp³-hybridized carbons (Fsp3) is 0.350. The number of amides is 1. The van der Waals surface area contributed by atoms with Crippen LogP contribution in [0.15, 0.2) is 30.6 Å². The van der Waals surface area contributed by atoms with Gasteiger partial charge in [-0.15, -0.1) is 0 Å². The predicted octanol–water partition coefficient (Wildman–Crippen LogP) is 1.99. The molecular formula is C20H27N7O3. The van der Waals surface area contributed by atoms with E-state index in [1.807, 2.05) is 13.8 Å². The third kappa shape index (κ3) is 4.38. The summed E-state index contributed by atoms with van der Waals surface area (Å²) in [6.45, 7) is 5.17. The van der Waals surface area contributed by atoms with Gasteiger partial charge in [0.15, 0.2) is 11.5 Å². The van der Waals surface area contributed by atoms with Gasteiger partial charge in [-0.25, -0.2) is 4.98 Å². The SMILES string of the molecule is COc1cc(Nc2nc(NCC(C)(C)CN)n3ccnc3c2C(N)=O)cc(OC)c1. The number of nitrogens with two attached hydrogens (primary N) is 2. The van der Waals surface area contributed by atoms with Crippen molar-refractivity contribution in [1.82, 2.24) is 14.4 Å². The number of benzene rings is 1. The van der Waals surface area contributed by atoms with Crippen molar-refractivity contribution in [1.29, 1.82) is 0 Å². The van der Waals surface area contributed by atoms with Crippen LogP contribution in [-0.2, 0) is 0 Å². The minimum Gasteiger partial charge on any atom is -0.497 e. The quantitative estimate of drug-likeness (QED) is 0.417. The van der Waals surface area contributed by atoms with Crippen molar-refractivity contribution in [3.05, 3.63) is 36.2 Å². The first kappa shape index (κ1) is 21.2. The molecule has 30 heavy (non-hydrogen) atoms. The van der Waals surface area contributed by atoms with Gasteiger partial charge < -0.3 is 31.6 Å². The van der Waals surface area contributed by atoms with Gasteiger partial charge >= 0.3 is 0 Å². The van der Waals surface area contributed by atoms with Gasteiger partial charge in [-0.3, -0.25) is 9.20 Å². The molecule has 0 unspecified atom stereocenters. The zero-order valence-corrected chi connectivity index (χ0v) is 17.5. The molecule has 6 N–H and O–H groups in total. The lowest BCUT2D eigenvalue weighted by molar-refractivity contribution is 0.100. The molecule has 1 aromatic carbocycles. The lowest BCUT2D eigenvalue weighted by atomic mass is 9.94. The summed E-state index contributed by atoms with van der Waals surface area (Å²) in [7, 11) is 3.12. The number of carbonyl (C=O) groups is 1. The minimum absolute atomic E-state index is 0.148. The third-order valence-electron chi connectivity index (χ3n) is 4.69. The number of primary amides is 1. The summed E-state index contributed by atoms with van der Waals surface area (Å²) in [5.41, 5.74) is 12.5. The predicted molar refractivity (Wildman–Crippen MR) is 116 cm³/mol. The highest BCUT2D eigenvalue weighted by atomic mass is 16.5. The first-order chi connectivity index (χ1) is 14.3. The molecule has 3 aromatic rings. The lowest BCUT2D eigenvalue weighted by Crippen LogP contribution is -2.32. The van der Waals surface area contributed by atoms with E-state index in [2.05, 4.69) is 20.6 Å². The highest BCUT2D eigenvalue weighted by molar-refractivity contribution is 6.04. The van der Waals surface area contributed by atoms with Gasteiger partial charge in [-0.1, -0.05) is 13.8 Å². The Labute approximate surface area is 174 Å². The normalized spacial score (nSPS) is 11.4. The largest absolute Gasteiger partial charge is 0.497 e. The number of rotatable bonds is 9. The number of nitrogens with zero attached hydrogens (tertiary/aromatic N) is 3. The molecule has 0 radical (unpaired) electrons. The van der Waals surface area contributed by atoms with Crippen LogP contribution in [0.2, 0.25) is 0 Å². The molecular weight excluding hydrogens is 386 g/mol. The second-order valence-electron chi connectivity index (χ2n) is 7.59. The average Bonchev–Trinajstić information content (AvgIpc) is 3.20. The van der Waals surface area contributed by atoms with Crippen LogP contribution in [0.25, 0.3) is 5.65 Å². The van der Waals surface area contributed by atoms with Crippen LogP contribution in [0, 0.1) is 5.41 Å². The molecule has 0 saturated carbocycles. The van der Waals surface area contributed by atoms with E-state index in [0.717, 1.165) is 0 Å². The zero-order valence-electron chi connectivity index (χ0n) is 17.5. The van der Waals surface area contributed by atoms with Crippen molar-refractivity contribution in [3.63, 3.8) is 0 Å². The van der Waals surface area contributed by atoms with Crippen molar-refractivity contribution in [2.24, 2.45) is 16.9 Å². The number of methoxy groups -OCH3 is 2. The van der Waals surface area contributed by atoms with Crippen LogP contribution < -0.4 is 31.6 Å². The Bertz CT molecular complexity index is 1040. The molecule has 2 heterocycles. The van der Waals surface area contributed by atoms with Crippen molar-refractivity contribution < 1.29 is 14.3 Å². The summed E-state index contributed by atoms with van der Waals surface area (Å²) >= 11 is 0. The Morgan fingerprint density at radius 3 is 2.43 bits per heavy atom. The maximum atomic E-state index is 12.2. The standard InChI is InChI=1S/C20H27N7O3/c1-20(2,10-21)11-24-19-26-17(15(16(22)28)18-23-5-6-27(18)19)25-12-7-13(29-3)9-14(8-12)30-4/h5-9,25H,10-11,21H2,1-4H3,(H2,22,28)(H,24,26). The van der Waals surface area contributed by atoms with Gasteiger partial charge in [0.2, 0.25) is 5.95 Å². The number of anilines is 3. The highest BCUT2D eigenvalue weighted by Gasteiger charge is 2.22. The van der Waals surface area contributed by atoms with E-state index in [0.29, 0.717) is 41.9 Å². The number of hydrogen-bond acceptors (Lipinski definition) is 8. The van der Waals surface area contributed by atoms with E-state index in [1.54, 1.807) is 49.2 Å². The molecule has 0 atom stereocenters. The Morgan fingerprint density at radius 2 is 1.87 bits per heavy atom. The molecule has 10 nitrogen and oxygen atoms in total. The molecule has 0 bridgehead atoms. The minimum atomic E-state index is -0.648. The van der Waals surface area contributed by atoms with Gasteiger partial charge in [0, 0.05) is 42.8 Å². The maximum absolute atomic E-state index is 12.2. The Balaban J connectivity index is 2.09. The molecule has 0 saturated heterocycles. The second kappa shape index (κ2) is 8.46. The summed E-state index contributed by atoms with van der Waals surface area (Å²) < 4.78 is 12.3. The molecule has 0 aliphatic carbocycles. The van der Waals surface area contributed by atoms with E-state index in [1.165, 1.54) is 0 Å². The fourth-order valence-electron chi connectivity index (χ4n) is 2.83. The van der Waals surface area contributed by atoms with Crippen molar-refractivity contribution in [2.75, 3.05) is 37.9 Å². The molecule has 160 valence electrons. The van der Waals surface area contributed by atoms with Crippen LogP contribution >= 0.6 is 0 Å². The van der Waals surface area contributed by atoms with Crippen LogP contribution in [0.5, 0.6) is 11.5 Å². The Hall–Kier alpha value is -3.53. The van der Waals surface area contributed by atoms with Crippen LogP contribution in [0.1, 0.15) is 24.2 Å². The summed E-state index contributed by atoms with van der Waals surface area (Å²) in [6.07, 6.45) is 3.30. The van der Waals surface area contributed by atoms with E-state index >= 15 is 0 Å². The van der Waals surface area contributed by atoms with Gasteiger partial charge in [0.1, 0.15) is 17.1 Å². The monoisotopic (exact) mass is 413 g/mol. The second-order valence-corrected chi connectivity index (χ2v) is 7.59. The number of carbonyl (C=O) groups excluding carboxylic acids is 1. The number of aromatic nitrogens is 3. The van der Waals surface area contributed by atoms with E-state index in [4.69, 9.17) is 20.9 Å². The molecule has 1 amide bonds. The number of fused-ring (bicyclic) bond motifs is 1. The lowest BCUT2D eigenvalue weighted by Gasteiger charge is -2.23. The molecule has 0 fully saturated rings. The van der Waals surface area contributed by atoms with Crippen LogP contribution in [-0.4, -0.2) is 47.6 Å². The van der Waals surface area contributed by atoms with E-state index < -0.39 is 5.91 Å². The van der Waals surface area contributed by atoms with Crippen LogP contribution in [0.3, 0.4) is 0 Å². The summed E-state index contributed by atoms with van der Waals surface area (Å²) in [5.74, 6) is 1.30. The van der Waals surface area contributed by atoms with Crippen LogP contribution in [0.4, 0.5) is 17.5 Å². The summed E-state index contributed by atoms with van der Waals surface area (Å²) in [5, 5.41) is 6.44. The van der Waals surface area contributed by atoms with Gasteiger partial charge in [-0.2, -0.15) is 4.98 Å². The smallest absolute Gasteiger partial charge is 0.256 e. The molecule has 3 rings (SSSR count). The third-order valence-corrected chi connectivity index (χ3v) is 4.69. The first-order valence-electron chi connectivity index (χ1n) is 9.39. The summed E-state index contributed by atoms with van der Waals surface area (Å²) in [6, 6.07) is 5.26. The van der Waals surface area contributed by atoms with E-state index in [9.17, 15) is 4.79 Å². The van der Waals surface area contributed by atoms with Crippen molar-refractivity contribution in [3.8, 4) is 11.5 Å². The van der Waals surface area contributed by atoms with E-state index in [-0.39, 0.29) is 16.8 Å². The molecule has 0 aliphatic heterocycles. The summed E-state index contributed by atoms with van der Waals surface area (Å²) in [4.78, 5) is 21.2. The Morgan fingerprint density at radius 1 is 1.20 bits per heavy atom. The highest BCUT2D eigenvalue weighted by Crippen LogP contribution is 2.30. The van der Waals surface area contributed by atoms with Crippen molar-refractivity contribution in [2.45, 2.75) is 13.8 Å². The topological polar surface area (TPSA) is 142 Å². The molecule has 2 aromatic heterocycles. The fourth-order valence-corrected chi connectivity index (χ4v) is 2.83. The number of ether oxygens (including phenoxy) is 2. The molecule has 0 spiro atoms. The molecule has 10 heteroatoms. The van der Waals surface area contributed by atoms with Gasteiger partial charge in [0.25, 0.3) is 5.91 Å². The van der Waals surface area contributed by atoms with Gasteiger partial charge in [0.05, 0.1) is 14.2 Å². The number of hydrogen-bond donors (Lipinski definition) is 4. The van der Waals surface area contributed by atoms with Gasteiger partial charge in [-0.05, 0) is 12.0 Å². The molecule has 0 aliphatic rings. The van der Waals surface area contributed by atoms with Crippen molar-refractivity contribution >= 4 is 29.0 Å². The number of nitrogens with one attached hydrogen (secondary N) is 2.